The first-order valence-corrected chi connectivity index (χ1v) is 9.77. The van der Waals surface area contributed by atoms with Crippen molar-refractivity contribution in [1.29, 1.82) is 0 Å². The SMILES string of the molecule is CCOC(=O)c1c(NC(=O)COC(=O)C=Cc2ccccn2)sc(C(=O)NC)c1C. The molecule has 0 fully saturated rings. The van der Waals surface area contributed by atoms with Gasteiger partial charge in [-0.2, -0.15) is 0 Å². The van der Waals surface area contributed by atoms with E-state index >= 15 is 0 Å². The molecule has 0 aliphatic heterocycles. The molecular weight excluding hydrogens is 410 g/mol. The minimum atomic E-state index is -0.727. The van der Waals surface area contributed by atoms with Crippen LogP contribution in [0.15, 0.2) is 30.5 Å². The van der Waals surface area contributed by atoms with E-state index in [0.29, 0.717) is 11.3 Å². The van der Waals surface area contributed by atoms with Crippen LogP contribution in [0.5, 0.6) is 0 Å². The summed E-state index contributed by atoms with van der Waals surface area (Å²) < 4.78 is 9.91. The Balaban J connectivity index is 2.06. The van der Waals surface area contributed by atoms with Crippen LogP contribution in [0.3, 0.4) is 0 Å². The molecule has 2 aromatic heterocycles. The van der Waals surface area contributed by atoms with Crippen molar-refractivity contribution < 1.29 is 28.7 Å². The van der Waals surface area contributed by atoms with Gasteiger partial charge in [0, 0.05) is 19.3 Å². The van der Waals surface area contributed by atoms with Crippen molar-refractivity contribution >= 4 is 46.2 Å². The van der Waals surface area contributed by atoms with Gasteiger partial charge in [-0.1, -0.05) is 6.07 Å². The average molecular weight is 431 g/mol. The van der Waals surface area contributed by atoms with Gasteiger partial charge in [0.2, 0.25) is 0 Å². The Bertz CT molecular complexity index is 968. The standard InChI is InChI=1S/C20H21N3O6S/c1-4-28-20(27)16-12(2)17(18(26)21-3)30-19(16)23-14(24)11-29-15(25)9-8-13-7-5-6-10-22-13/h5-10H,4,11H2,1-3H3,(H,21,26)(H,23,24). The summed E-state index contributed by atoms with van der Waals surface area (Å²) in [5, 5.41) is 5.13. The van der Waals surface area contributed by atoms with Crippen molar-refractivity contribution in [2.45, 2.75) is 13.8 Å². The normalized spacial score (nSPS) is 10.5. The van der Waals surface area contributed by atoms with Gasteiger partial charge in [0.15, 0.2) is 6.61 Å². The van der Waals surface area contributed by atoms with E-state index in [-0.39, 0.29) is 22.0 Å². The Kier molecular flexibility index (Phi) is 8.24. The lowest BCUT2D eigenvalue weighted by Crippen LogP contribution is -2.21. The van der Waals surface area contributed by atoms with Crippen molar-refractivity contribution in [1.82, 2.24) is 10.3 Å². The molecule has 2 heterocycles. The van der Waals surface area contributed by atoms with Crippen LogP contribution in [0.25, 0.3) is 6.08 Å². The fourth-order valence-corrected chi connectivity index (χ4v) is 3.51. The van der Waals surface area contributed by atoms with Crippen LogP contribution in [-0.4, -0.2) is 49.0 Å². The number of ether oxygens (including phenoxy) is 2. The lowest BCUT2D eigenvalue weighted by atomic mass is 10.1. The van der Waals surface area contributed by atoms with Crippen molar-refractivity contribution in [2.75, 3.05) is 25.6 Å². The van der Waals surface area contributed by atoms with Gasteiger partial charge in [-0.3, -0.25) is 14.6 Å². The molecule has 158 valence electrons. The second kappa shape index (κ2) is 10.9. The van der Waals surface area contributed by atoms with Gasteiger partial charge >= 0.3 is 11.9 Å². The lowest BCUT2D eigenvalue weighted by molar-refractivity contribution is -0.142. The van der Waals surface area contributed by atoms with Gasteiger partial charge in [0.25, 0.3) is 11.8 Å². The van der Waals surface area contributed by atoms with Gasteiger partial charge in [-0.15, -0.1) is 11.3 Å². The Labute approximate surface area is 177 Å². The fraction of sp³-hybridized carbons (Fsp3) is 0.250. The highest BCUT2D eigenvalue weighted by Crippen LogP contribution is 2.33. The Morgan fingerprint density at radius 3 is 2.60 bits per heavy atom. The molecule has 0 aromatic carbocycles. The van der Waals surface area contributed by atoms with E-state index in [4.69, 9.17) is 9.47 Å². The zero-order valence-corrected chi connectivity index (χ0v) is 17.5. The first kappa shape index (κ1) is 22.8. The fourth-order valence-electron chi connectivity index (χ4n) is 2.36. The number of aromatic nitrogens is 1. The molecule has 0 bridgehead atoms. The highest BCUT2D eigenvalue weighted by atomic mass is 32.1. The number of esters is 2. The van der Waals surface area contributed by atoms with Crippen LogP contribution in [-0.2, 0) is 19.1 Å². The van der Waals surface area contributed by atoms with Gasteiger partial charge in [-0.05, 0) is 37.6 Å². The largest absolute Gasteiger partial charge is 0.462 e. The van der Waals surface area contributed by atoms with Crippen molar-refractivity contribution in [3.63, 3.8) is 0 Å². The molecular formula is C20H21N3O6S. The number of thiophene rings is 1. The van der Waals surface area contributed by atoms with E-state index in [1.165, 1.54) is 13.1 Å². The second-order valence-corrected chi connectivity index (χ2v) is 6.82. The zero-order valence-electron chi connectivity index (χ0n) is 16.7. The number of hydrogen-bond acceptors (Lipinski definition) is 8. The molecule has 2 aromatic rings. The highest BCUT2D eigenvalue weighted by molar-refractivity contribution is 7.18. The number of hydrogen-bond donors (Lipinski definition) is 2. The van der Waals surface area contributed by atoms with Crippen LogP contribution in [0.2, 0.25) is 0 Å². The number of nitrogens with one attached hydrogen (secondary N) is 2. The summed E-state index contributed by atoms with van der Waals surface area (Å²) in [5.41, 5.74) is 1.05. The minimum absolute atomic E-state index is 0.0928. The first-order valence-electron chi connectivity index (χ1n) is 8.95. The quantitative estimate of drug-likeness (QED) is 0.485. The van der Waals surface area contributed by atoms with Crippen molar-refractivity contribution in [3.05, 3.63) is 52.2 Å². The second-order valence-electron chi connectivity index (χ2n) is 5.80. The summed E-state index contributed by atoms with van der Waals surface area (Å²) in [6, 6.07) is 5.21. The van der Waals surface area contributed by atoms with Crippen molar-refractivity contribution in [2.24, 2.45) is 0 Å². The number of carbonyl (C=O) groups excluding carboxylic acids is 4. The number of pyridine rings is 1. The van der Waals surface area contributed by atoms with E-state index in [1.807, 2.05) is 0 Å². The molecule has 0 radical (unpaired) electrons. The first-order chi connectivity index (χ1) is 14.4. The molecule has 0 spiro atoms. The van der Waals surface area contributed by atoms with Gasteiger partial charge < -0.3 is 20.1 Å². The lowest BCUT2D eigenvalue weighted by Gasteiger charge is -2.07. The van der Waals surface area contributed by atoms with E-state index in [1.54, 1.807) is 38.2 Å². The van der Waals surface area contributed by atoms with E-state index in [0.717, 1.165) is 17.4 Å². The molecule has 2 amide bonds. The highest BCUT2D eigenvalue weighted by Gasteiger charge is 2.26. The van der Waals surface area contributed by atoms with E-state index in [2.05, 4.69) is 15.6 Å². The molecule has 2 rings (SSSR count). The molecule has 0 unspecified atom stereocenters. The molecule has 30 heavy (non-hydrogen) atoms. The average Bonchev–Trinajstić information content (AvgIpc) is 3.06. The summed E-state index contributed by atoms with van der Waals surface area (Å²) in [7, 11) is 1.46. The molecule has 10 heteroatoms. The van der Waals surface area contributed by atoms with E-state index in [9.17, 15) is 19.2 Å². The maximum Gasteiger partial charge on any atom is 0.341 e. The van der Waals surface area contributed by atoms with Gasteiger partial charge in [0.1, 0.15) is 5.00 Å². The summed E-state index contributed by atoms with van der Waals surface area (Å²) in [5.74, 6) is -2.44. The summed E-state index contributed by atoms with van der Waals surface area (Å²) >= 11 is 0.936. The number of amides is 2. The van der Waals surface area contributed by atoms with Gasteiger partial charge in [-0.25, -0.2) is 9.59 Å². The maximum atomic E-state index is 12.3. The van der Waals surface area contributed by atoms with Crippen LogP contribution in [0, 0.1) is 6.92 Å². The Morgan fingerprint density at radius 2 is 1.97 bits per heavy atom. The zero-order chi connectivity index (χ0) is 22.1. The summed E-state index contributed by atoms with van der Waals surface area (Å²) in [4.78, 5) is 52.6. The molecule has 2 N–H and O–H groups in total. The topological polar surface area (TPSA) is 124 Å². The third-order valence-corrected chi connectivity index (χ3v) is 4.94. The van der Waals surface area contributed by atoms with Crippen LogP contribution < -0.4 is 10.6 Å². The maximum absolute atomic E-state index is 12.3. The smallest absolute Gasteiger partial charge is 0.341 e. The molecule has 0 atom stereocenters. The van der Waals surface area contributed by atoms with Crippen LogP contribution in [0.1, 0.15) is 38.2 Å². The van der Waals surface area contributed by atoms with E-state index < -0.39 is 30.4 Å². The Hall–Kier alpha value is -3.53. The number of rotatable bonds is 8. The predicted molar refractivity (Wildman–Crippen MR) is 111 cm³/mol. The molecule has 0 aliphatic carbocycles. The Morgan fingerprint density at radius 1 is 1.20 bits per heavy atom. The third kappa shape index (κ3) is 5.98. The molecule has 0 saturated carbocycles. The van der Waals surface area contributed by atoms with Crippen LogP contribution in [0.4, 0.5) is 5.00 Å². The predicted octanol–water partition coefficient (Wildman–Crippen LogP) is 2.18. The number of anilines is 1. The summed E-state index contributed by atoms with van der Waals surface area (Å²) in [6.07, 6.45) is 4.19. The molecule has 9 nitrogen and oxygen atoms in total. The van der Waals surface area contributed by atoms with Crippen LogP contribution >= 0.6 is 11.3 Å². The van der Waals surface area contributed by atoms with Crippen molar-refractivity contribution in [3.8, 4) is 0 Å². The number of carbonyl (C=O) groups is 4. The molecule has 0 saturated heterocycles. The minimum Gasteiger partial charge on any atom is -0.462 e. The third-order valence-electron chi connectivity index (χ3n) is 3.74. The number of nitrogens with zero attached hydrogens (tertiary/aromatic N) is 1. The monoisotopic (exact) mass is 431 g/mol. The molecule has 0 aliphatic rings. The van der Waals surface area contributed by atoms with Gasteiger partial charge in [0.05, 0.1) is 22.7 Å². The summed E-state index contributed by atoms with van der Waals surface area (Å²) in [6.45, 7) is 2.80.